The standard InChI is InChI=1S/C56H94O6/c1-4-7-10-13-16-19-22-25-27-28-29-32-34-37-40-43-46-49-55(58)61-52-53(51-60-54(57)48-45-42-39-36-33-30-24-21-18-15-12-9-6-3)62-56(59)50-47-44-41-38-35-31-26-23-20-17-14-11-8-5-2/h7,10,14,16-17,19,23,25-27,29,32,37,40,53H,4-6,8-9,11-13,15,18,20-22,24,28,30-31,33-36,38-39,41-52H2,1-3H3/b10-7-,17-14-,19-16-,26-23-,27-25-,32-29-,40-37-. The fourth-order valence-corrected chi connectivity index (χ4v) is 6.79. The van der Waals surface area contributed by atoms with Gasteiger partial charge in [-0.2, -0.15) is 0 Å². The van der Waals surface area contributed by atoms with Crippen molar-refractivity contribution in [1.29, 1.82) is 0 Å². The second kappa shape index (κ2) is 50.2. The number of carbonyl (C=O) groups excluding carboxylic acids is 3. The molecule has 0 radical (unpaired) electrons. The van der Waals surface area contributed by atoms with Crippen LogP contribution >= 0.6 is 0 Å². The highest BCUT2D eigenvalue weighted by atomic mass is 16.6. The van der Waals surface area contributed by atoms with Gasteiger partial charge in [-0.05, 0) is 83.5 Å². The van der Waals surface area contributed by atoms with E-state index in [0.29, 0.717) is 19.3 Å². The van der Waals surface area contributed by atoms with Gasteiger partial charge in [0.15, 0.2) is 6.10 Å². The van der Waals surface area contributed by atoms with Crippen LogP contribution in [-0.2, 0) is 28.6 Å². The maximum absolute atomic E-state index is 12.8. The monoisotopic (exact) mass is 863 g/mol. The van der Waals surface area contributed by atoms with Gasteiger partial charge in [-0.1, -0.05) is 215 Å². The number of hydrogen-bond donors (Lipinski definition) is 0. The first-order chi connectivity index (χ1) is 30.5. The minimum absolute atomic E-state index is 0.0988. The molecule has 354 valence electrons. The summed E-state index contributed by atoms with van der Waals surface area (Å²) in [4.78, 5) is 37.9. The maximum atomic E-state index is 12.8. The van der Waals surface area contributed by atoms with Crippen LogP contribution in [0.4, 0.5) is 0 Å². The average Bonchev–Trinajstić information content (AvgIpc) is 3.27. The largest absolute Gasteiger partial charge is 0.462 e. The van der Waals surface area contributed by atoms with Crippen molar-refractivity contribution < 1.29 is 28.6 Å². The highest BCUT2D eigenvalue weighted by Gasteiger charge is 2.19. The Kier molecular flexibility index (Phi) is 47.5. The zero-order valence-electron chi connectivity index (χ0n) is 40.4. The van der Waals surface area contributed by atoms with Gasteiger partial charge in [-0.3, -0.25) is 14.4 Å². The summed E-state index contributed by atoms with van der Waals surface area (Å²) >= 11 is 0. The molecule has 6 nitrogen and oxygen atoms in total. The summed E-state index contributed by atoms with van der Waals surface area (Å²) in [5.41, 5.74) is 0. The first-order valence-corrected chi connectivity index (χ1v) is 25.6. The molecule has 0 saturated carbocycles. The van der Waals surface area contributed by atoms with Crippen LogP contribution in [-0.4, -0.2) is 37.2 Å². The topological polar surface area (TPSA) is 78.9 Å². The van der Waals surface area contributed by atoms with Gasteiger partial charge in [0.05, 0.1) is 0 Å². The molecule has 62 heavy (non-hydrogen) atoms. The third kappa shape index (κ3) is 47.6. The lowest BCUT2D eigenvalue weighted by Gasteiger charge is -2.18. The average molecular weight is 863 g/mol. The summed E-state index contributed by atoms with van der Waals surface area (Å²) in [5.74, 6) is -0.974. The number of ether oxygens (including phenoxy) is 3. The van der Waals surface area contributed by atoms with Crippen LogP contribution in [0.1, 0.15) is 233 Å². The molecule has 0 aliphatic heterocycles. The molecule has 0 aromatic rings. The van der Waals surface area contributed by atoms with Gasteiger partial charge in [-0.15, -0.1) is 0 Å². The molecule has 0 fully saturated rings. The van der Waals surface area contributed by atoms with E-state index in [4.69, 9.17) is 14.2 Å². The smallest absolute Gasteiger partial charge is 0.306 e. The summed E-state index contributed by atoms with van der Waals surface area (Å²) in [6, 6.07) is 0. The minimum atomic E-state index is -0.804. The fraction of sp³-hybridized carbons (Fsp3) is 0.696. The van der Waals surface area contributed by atoms with E-state index in [1.54, 1.807) is 0 Å². The van der Waals surface area contributed by atoms with Crippen molar-refractivity contribution in [3.8, 4) is 0 Å². The van der Waals surface area contributed by atoms with Crippen LogP contribution in [0.5, 0.6) is 0 Å². The van der Waals surface area contributed by atoms with Crippen molar-refractivity contribution in [2.24, 2.45) is 0 Å². The van der Waals surface area contributed by atoms with Gasteiger partial charge < -0.3 is 14.2 Å². The lowest BCUT2D eigenvalue weighted by Crippen LogP contribution is -2.30. The first-order valence-electron chi connectivity index (χ1n) is 25.6. The Balaban J connectivity index is 4.50. The molecule has 0 aliphatic carbocycles. The van der Waals surface area contributed by atoms with Gasteiger partial charge in [0.1, 0.15) is 13.2 Å². The summed E-state index contributed by atoms with van der Waals surface area (Å²) in [6.45, 7) is 6.42. The molecule has 0 N–H and O–H groups in total. The Bertz CT molecular complexity index is 1220. The van der Waals surface area contributed by atoms with Crippen LogP contribution in [0.15, 0.2) is 85.1 Å². The fourth-order valence-electron chi connectivity index (χ4n) is 6.79. The van der Waals surface area contributed by atoms with Crippen molar-refractivity contribution in [3.63, 3.8) is 0 Å². The Morgan fingerprint density at radius 1 is 0.339 bits per heavy atom. The summed E-state index contributed by atoms with van der Waals surface area (Å²) in [5, 5.41) is 0. The molecule has 6 heteroatoms. The molecule has 0 aromatic carbocycles. The van der Waals surface area contributed by atoms with Crippen molar-refractivity contribution in [2.75, 3.05) is 13.2 Å². The van der Waals surface area contributed by atoms with E-state index in [0.717, 1.165) is 103 Å². The maximum Gasteiger partial charge on any atom is 0.306 e. The highest BCUT2D eigenvalue weighted by Crippen LogP contribution is 2.14. The number of rotatable bonds is 45. The van der Waals surface area contributed by atoms with E-state index in [9.17, 15) is 14.4 Å². The molecule has 0 spiro atoms. The van der Waals surface area contributed by atoms with Gasteiger partial charge in [0.25, 0.3) is 0 Å². The molecule has 1 unspecified atom stereocenters. The van der Waals surface area contributed by atoms with Gasteiger partial charge in [0.2, 0.25) is 0 Å². The van der Waals surface area contributed by atoms with Crippen molar-refractivity contribution in [2.45, 2.75) is 239 Å². The van der Waals surface area contributed by atoms with E-state index in [1.807, 2.05) is 0 Å². The molecule has 0 heterocycles. The number of esters is 3. The van der Waals surface area contributed by atoms with Crippen LogP contribution in [0.2, 0.25) is 0 Å². The lowest BCUT2D eigenvalue weighted by molar-refractivity contribution is -0.167. The number of allylic oxidation sites excluding steroid dienone is 14. The minimum Gasteiger partial charge on any atom is -0.462 e. The predicted octanol–water partition coefficient (Wildman–Crippen LogP) is 16.8. The van der Waals surface area contributed by atoms with Gasteiger partial charge in [-0.25, -0.2) is 0 Å². The van der Waals surface area contributed by atoms with Gasteiger partial charge >= 0.3 is 17.9 Å². The molecular weight excluding hydrogens is 769 g/mol. The number of unbranched alkanes of at least 4 members (excludes halogenated alkanes) is 20. The summed E-state index contributed by atoms with van der Waals surface area (Å²) < 4.78 is 16.7. The number of carbonyl (C=O) groups is 3. The van der Waals surface area contributed by atoms with Crippen LogP contribution in [0.25, 0.3) is 0 Å². The Morgan fingerprint density at radius 2 is 0.661 bits per heavy atom. The summed E-state index contributed by atoms with van der Waals surface area (Å²) in [7, 11) is 0. The molecule has 1 atom stereocenters. The van der Waals surface area contributed by atoms with Crippen molar-refractivity contribution in [1.82, 2.24) is 0 Å². The zero-order valence-corrected chi connectivity index (χ0v) is 40.4. The van der Waals surface area contributed by atoms with E-state index < -0.39 is 6.10 Å². The lowest BCUT2D eigenvalue weighted by atomic mass is 10.0. The SMILES string of the molecule is CC/C=C\C/C=C\C/C=C\C/C=C\C/C=C\CCCC(=O)OCC(COC(=O)CCCCCCCCCCCCCCC)OC(=O)CCCCCCC/C=C\C/C=C\CCCC. The molecule has 0 saturated heterocycles. The van der Waals surface area contributed by atoms with Crippen LogP contribution in [0, 0.1) is 0 Å². The molecule has 0 aromatic heterocycles. The van der Waals surface area contributed by atoms with E-state index in [-0.39, 0.29) is 37.5 Å². The molecule has 0 rings (SSSR count). The van der Waals surface area contributed by atoms with Gasteiger partial charge in [0, 0.05) is 19.3 Å². The zero-order chi connectivity index (χ0) is 45.1. The first kappa shape index (κ1) is 58.6. The number of hydrogen-bond acceptors (Lipinski definition) is 6. The third-order valence-electron chi connectivity index (χ3n) is 10.6. The van der Waals surface area contributed by atoms with E-state index >= 15 is 0 Å². The normalized spacial score (nSPS) is 12.8. The Morgan fingerprint density at radius 3 is 1.10 bits per heavy atom. The van der Waals surface area contributed by atoms with Crippen LogP contribution < -0.4 is 0 Å². The molecule has 0 amide bonds. The second-order valence-electron chi connectivity index (χ2n) is 16.7. The Hall–Kier alpha value is -3.41. The van der Waals surface area contributed by atoms with E-state index in [1.165, 1.54) is 83.5 Å². The molecule has 0 aliphatic rings. The highest BCUT2D eigenvalue weighted by molar-refractivity contribution is 5.71. The second-order valence-corrected chi connectivity index (χ2v) is 16.7. The quantitative estimate of drug-likeness (QED) is 0.0263. The Labute approximate surface area is 382 Å². The predicted molar refractivity (Wildman–Crippen MR) is 265 cm³/mol. The van der Waals surface area contributed by atoms with Crippen molar-refractivity contribution in [3.05, 3.63) is 85.1 Å². The van der Waals surface area contributed by atoms with Crippen LogP contribution in [0.3, 0.4) is 0 Å². The van der Waals surface area contributed by atoms with E-state index in [2.05, 4.69) is 106 Å². The van der Waals surface area contributed by atoms with Crippen molar-refractivity contribution >= 4 is 17.9 Å². The summed E-state index contributed by atoms with van der Waals surface area (Å²) in [6.07, 6.45) is 64.2. The molecule has 0 bridgehead atoms. The molecular formula is C56H94O6. The third-order valence-corrected chi connectivity index (χ3v) is 10.6.